The first-order valence-corrected chi connectivity index (χ1v) is 5.14. The molecule has 0 amide bonds. The highest BCUT2D eigenvalue weighted by molar-refractivity contribution is 9.11. The van der Waals surface area contributed by atoms with E-state index in [9.17, 15) is 17.3 Å². The first-order valence-electron chi connectivity index (χ1n) is 3.28. The van der Waals surface area contributed by atoms with Crippen LogP contribution in [-0.2, 0) is 0 Å². The van der Waals surface area contributed by atoms with E-state index in [4.69, 9.17) is 0 Å². The number of halogens is 5. The SMILES string of the molecule is CC1=CSC(Br)N1C.F[B-](F)(F)F. The van der Waals surface area contributed by atoms with Crippen LogP contribution in [0.2, 0.25) is 0 Å². The molecule has 0 spiro atoms. The normalized spacial score (nSPS) is 22.2. The fourth-order valence-electron chi connectivity index (χ4n) is 0.489. The number of allylic oxidation sites excluding steroid dienone is 1. The molecule has 13 heavy (non-hydrogen) atoms. The van der Waals surface area contributed by atoms with Gasteiger partial charge in [0.1, 0.15) is 4.28 Å². The van der Waals surface area contributed by atoms with Crippen LogP contribution >= 0.6 is 27.7 Å². The average Bonchev–Trinajstić information content (AvgIpc) is 2.16. The lowest BCUT2D eigenvalue weighted by Crippen LogP contribution is -2.16. The van der Waals surface area contributed by atoms with E-state index in [1.54, 1.807) is 11.8 Å². The molecule has 0 aromatic heterocycles. The maximum Gasteiger partial charge on any atom is 0.673 e. The Hall–Kier alpha value is 0.155. The van der Waals surface area contributed by atoms with Crippen LogP contribution in [-0.4, -0.2) is 23.5 Å². The van der Waals surface area contributed by atoms with Crippen molar-refractivity contribution < 1.29 is 17.3 Å². The van der Waals surface area contributed by atoms with Crippen LogP contribution in [0.25, 0.3) is 0 Å². The first kappa shape index (κ1) is 13.2. The van der Waals surface area contributed by atoms with Gasteiger partial charge in [0, 0.05) is 12.7 Å². The summed E-state index contributed by atoms with van der Waals surface area (Å²) in [6.45, 7) is 2.11. The van der Waals surface area contributed by atoms with Crippen molar-refractivity contribution in [2.24, 2.45) is 0 Å². The van der Waals surface area contributed by atoms with Crippen LogP contribution in [0.1, 0.15) is 6.92 Å². The molecule has 0 aromatic carbocycles. The van der Waals surface area contributed by atoms with Crippen molar-refractivity contribution in [2.45, 2.75) is 11.2 Å². The van der Waals surface area contributed by atoms with Gasteiger partial charge in [0.15, 0.2) is 0 Å². The summed E-state index contributed by atoms with van der Waals surface area (Å²) in [5, 5.41) is 2.15. The quantitative estimate of drug-likeness (QED) is 0.289. The van der Waals surface area contributed by atoms with Crippen molar-refractivity contribution in [1.82, 2.24) is 4.90 Å². The van der Waals surface area contributed by atoms with Gasteiger partial charge in [0.25, 0.3) is 0 Å². The minimum atomic E-state index is -6.00. The number of thioether (sulfide) groups is 1. The fourth-order valence-corrected chi connectivity index (χ4v) is 1.96. The van der Waals surface area contributed by atoms with Crippen LogP contribution in [0.5, 0.6) is 0 Å². The zero-order chi connectivity index (χ0) is 10.6. The van der Waals surface area contributed by atoms with Crippen molar-refractivity contribution in [3.63, 3.8) is 0 Å². The molecule has 78 valence electrons. The Morgan fingerprint density at radius 2 is 1.85 bits per heavy atom. The van der Waals surface area contributed by atoms with E-state index in [0.29, 0.717) is 4.28 Å². The van der Waals surface area contributed by atoms with Gasteiger partial charge in [-0.25, -0.2) is 0 Å². The molecule has 0 fully saturated rings. The van der Waals surface area contributed by atoms with Crippen LogP contribution in [0, 0.1) is 0 Å². The van der Waals surface area contributed by atoms with E-state index in [-0.39, 0.29) is 0 Å². The third kappa shape index (κ3) is 7.24. The van der Waals surface area contributed by atoms with Gasteiger partial charge in [0.2, 0.25) is 0 Å². The summed E-state index contributed by atoms with van der Waals surface area (Å²) >= 11 is 5.27. The Balaban J connectivity index is 0.000000252. The Morgan fingerprint density at radius 3 is 1.92 bits per heavy atom. The highest BCUT2D eigenvalue weighted by Crippen LogP contribution is 2.32. The van der Waals surface area contributed by atoms with Crippen molar-refractivity contribution >= 4 is 34.9 Å². The van der Waals surface area contributed by atoms with Gasteiger partial charge in [0.05, 0.1) is 0 Å². The lowest BCUT2D eigenvalue weighted by atomic mass is 10.3. The van der Waals surface area contributed by atoms with Gasteiger partial charge in [-0.05, 0) is 12.3 Å². The highest BCUT2D eigenvalue weighted by atomic mass is 79.9. The Morgan fingerprint density at radius 1 is 1.46 bits per heavy atom. The largest absolute Gasteiger partial charge is 0.673 e. The smallest absolute Gasteiger partial charge is 0.418 e. The molecule has 1 rings (SSSR count). The molecule has 1 aliphatic rings. The van der Waals surface area contributed by atoms with Gasteiger partial charge in [-0.3, -0.25) is 0 Å². The van der Waals surface area contributed by atoms with E-state index in [0.717, 1.165) is 0 Å². The number of nitrogens with zero attached hydrogens (tertiary/aromatic N) is 1. The maximum atomic E-state index is 9.75. The summed E-state index contributed by atoms with van der Waals surface area (Å²) in [4.78, 5) is 2.19. The zero-order valence-electron chi connectivity index (χ0n) is 6.98. The van der Waals surface area contributed by atoms with Gasteiger partial charge < -0.3 is 22.2 Å². The molecule has 1 nitrogen and oxygen atoms in total. The molecule has 0 aliphatic carbocycles. The molecule has 0 aromatic rings. The molecule has 0 saturated carbocycles. The Labute approximate surface area is 86.8 Å². The minimum Gasteiger partial charge on any atom is -0.418 e. The molecule has 0 bridgehead atoms. The van der Waals surface area contributed by atoms with Gasteiger partial charge in [-0.1, -0.05) is 27.7 Å². The average molecular weight is 281 g/mol. The zero-order valence-corrected chi connectivity index (χ0v) is 9.38. The molecular weight excluding hydrogens is 273 g/mol. The monoisotopic (exact) mass is 280 g/mol. The molecule has 1 atom stereocenters. The third-order valence-electron chi connectivity index (χ3n) is 1.21. The summed E-state index contributed by atoms with van der Waals surface area (Å²) in [6.07, 6.45) is 0. The van der Waals surface area contributed by atoms with Crippen LogP contribution in [0.15, 0.2) is 11.1 Å². The lowest BCUT2D eigenvalue weighted by Gasteiger charge is -2.16. The Bertz CT molecular complexity index is 191. The molecule has 1 aliphatic heterocycles. The van der Waals surface area contributed by atoms with E-state index in [2.05, 4.69) is 40.2 Å². The molecule has 8 heteroatoms. The molecular formula is C5H8BBrF4NS-. The van der Waals surface area contributed by atoms with E-state index < -0.39 is 7.25 Å². The molecule has 0 saturated heterocycles. The first-order chi connectivity index (χ1) is 5.72. The molecule has 1 unspecified atom stereocenters. The maximum absolute atomic E-state index is 9.75. The van der Waals surface area contributed by atoms with Crippen molar-refractivity contribution in [2.75, 3.05) is 7.05 Å². The highest BCUT2D eigenvalue weighted by Gasteiger charge is 2.20. The predicted octanol–water partition coefficient (Wildman–Crippen LogP) is 3.50. The summed E-state index contributed by atoms with van der Waals surface area (Å²) in [7, 11) is -3.93. The third-order valence-corrected chi connectivity index (χ3v) is 3.49. The topological polar surface area (TPSA) is 3.24 Å². The number of rotatable bonds is 0. The summed E-state index contributed by atoms with van der Waals surface area (Å²) in [6, 6.07) is 0. The van der Waals surface area contributed by atoms with Crippen molar-refractivity contribution in [3.05, 3.63) is 11.1 Å². The second-order valence-corrected chi connectivity index (χ2v) is 4.72. The number of hydrogen-bond donors (Lipinski definition) is 0. The minimum absolute atomic E-state index is 0.461. The van der Waals surface area contributed by atoms with E-state index in [1.165, 1.54) is 5.70 Å². The number of hydrogen-bond acceptors (Lipinski definition) is 2. The van der Waals surface area contributed by atoms with Gasteiger partial charge in [-0.15, -0.1) is 0 Å². The summed E-state index contributed by atoms with van der Waals surface area (Å²) in [5.41, 5.74) is 1.33. The Kier molecular flexibility index (Phi) is 5.20. The molecule has 0 radical (unpaired) electrons. The molecule has 0 N–H and O–H groups in total. The van der Waals surface area contributed by atoms with Crippen LogP contribution in [0.4, 0.5) is 17.3 Å². The molecule has 1 heterocycles. The lowest BCUT2D eigenvalue weighted by molar-refractivity contribution is 0.368. The summed E-state index contributed by atoms with van der Waals surface area (Å²) < 4.78 is 39.5. The standard InChI is InChI=1S/C5H8BrNS.BF4/c1-4-3-8-5(6)7(4)2;2-1(3,4)5/h3,5H,1-2H3;/q;-1. The van der Waals surface area contributed by atoms with Gasteiger partial charge in [-0.2, -0.15) is 0 Å². The van der Waals surface area contributed by atoms with Crippen molar-refractivity contribution in [3.8, 4) is 0 Å². The predicted molar refractivity (Wildman–Crippen MR) is 52.0 cm³/mol. The second-order valence-electron chi connectivity index (χ2n) is 2.29. The summed E-state index contributed by atoms with van der Waals surface area (Å²) in [5.74, 6) is 0. The number of alkyl halides is 1. The second kappa shape index (κ2) is 5.14. The van der Waals surface area contributed by atoms with Crippen LogP contribution in [0.3, 0.4) is 0 Å². The van der Waals surface area contributed by atoms with Crippen molar-refractivity contribution in [1.29, 1.82) is 0 Å². The van der Waals surface area contributed by atoms with E-state index in [1.807, 2.05) is 0 Å². The van der Waals surface area contributed by atoms with Gasteiger partial charge >= 0.3 is 7.25 Å². The fraction of sp³-hybridized carbons (Fsp3) is 0.600. The van der Waals surface area contributed by atoms with Crippen LogP contribution < -0.4 is 0 Å². The van der Waals surface area contributed by atoms with E-state index >= 15 is 0 Å².